The lowest BCUT2D eigenvalue weighted by atomic mass is 10.1. The van der Waals surface area contributed by atoms with Crippen molar-refractivity contribution in [3.63, 3.8) is 0 Å². The minimum atomic E-state index is 0.322. The van der Waals surface area contributed by atoms with Gasteiger partial charge in [0, 0.05) is 23.5 Å². The largest absolute Gasteiger partial charge is 0.395 e. The number of hydrogen-bond acceptors (Lipinski definition) is 4. The van der Waals surface area contributed by atoms with Gasteiger partial charge in [0.2, 0.25) is 0 Å². The molecule has 0 unspecified atom stereocenters. The molecule has 0 bridgehead atoms. The van der Waals surface area contributed by atoms with E-state index in [2.05, 4.69) is 9.97 Å². The number of hydrogen-bond donors (Lipinski definition) is 2. The summed E-state index contributed by atoms with van der Waals surface area (Å²) in [6, 6.07) is 5.32. The number of pyridine rings is 2. The molecule has 0 aliphatic rings. The molecule has 0 fully saturated rings. The van der Waals surface area contributed by atoms with Crippen LogP contribution in [0.3, 0.4) is 0 Å². The minimum absolute atomic E-state index is 0.322. The van der Waals surface area contributed by atoms with Crippen LogP contribution in [0.1, 0.15) is 0 Å². The van der Waals surface area contributed by atoms with Crippen LogP contribution in [0, 0.1) is 0 Å². The van der Waals surface area contributed by atoms with Crippen LogP contribution in [0.15, 0.2) is 30.6 Å². The number of halogens is 1. The van der Waals surface area contributed by atoms with Gasteiger partial charge >= 0.3 is 0 Å². The molecule has 2 aromatic rings. The summed E-state index contributed by atoms with van der Waals surface area (Å²) in [7, 11) is 0. The summed E-state index contributed by atoms with van der Waals surface area (Å²) >= 11 is 5.69. The molecule has 5 heteroatoms. The van der Waals surface area contributed by atoms with E-state index < -0.39 is 0 Å². The standard InChI is InChI=1S/C10H9ClN4/c11-8-2-1-6(5-15-8)7-3-4-14-10(13)9(7)12/h1-5H,12H2,(H2,13,14). The number of rotatable bonds is 1. The molecular weight excluding hydrogens is 212 g/mol. The third kappa shape index (κ3) is 1.85. The van der Waals surface area contributed by atoms with E-state index in [-0.39, 0.29) is 0 Å². The van der Waals surface area contributed by atoms with Gasteiger partial charge in [-0.05, 0) is 18.2 Å². The Morgan fingerprint density at radius 2 is 1.87 bits per heavy atom. The molecule has 0 aliphatic heterocycles. The van der Waals surface area contributed by atoms with Crippen molar-refractivity contribution in [1.82, 2.24) is 9.97 Å². The molecule has 4 N–H and O–H groups in total. The topological polar surface area (TPSA) is 77.8 Å². The van der Waals surface area contributed by atoms with Gasteiger partial charge < -0.3 is 11.5 Å². The van der Waals surface area contributed by atoms with Crippen LogP contribution in [0.25, 0.3) is 11.1 Å². The lowest BCUT2D eigenvalue weighted by Crippen LogP contribution is -1.99. The first-order valence-electron chi connectivity index (χ1n) is 4.30. The van der Waals surface area contributed by atoms with Crippen molar-refractivity contribution < 1.29 is 0 Å². The average Bonchev–Trinajstić information content (AvgIpc) is 2.24. The van der Waals surface area contributed by atoms with Gasteiger partial charge in [-0.2, -0.15) is 0 Å². The van der Waals surface area contributed by atoms with Gasteiger partial charge in [0.15, 0.2) is 0 Å². The number of anilines is 2. The average molecular weight is 221 g/mol. The van der Waals surface area contributed by atoms with E-state index in [0.29, 0.717) is 16.7 Å². The minimum Gasteiger partial charge on any atom is -0.395 e. The van der Waals surface area contributed by atoms with Crippen LogP contribution >= 0.6 is 11.6 Å². The lowest BCUT2D eigenvalue weighted by Gasteiger charge is -2.06. The molecule has 76 valence electrons. The fraction of sp³-hybridized carbons (Fsp3) is 0. The smallest absolute Gasteiger partial charge is 0.147 e. The Morgan fingerprint density at radius 1 is 1.07 bits per heavy atom. The van der Waals surface area contributed by atoms with Crippen molar-refractivity contribution >= 4 is 23.1 Å². The van der Waals surface area contributed by atoms with Crippen LogP contribution in [0.4, 0.5) is 11.5 Å². The first-order chi connectivity index (χ1) is 7.18. The predicted molar refractivity (Wildman–Crippen MR) is 61.3 cm³/mol. The summed E-state index contributed by atoms with van der Waals surface area (Å²) in [4.78, 5) is 7.86. The fourth-order valence-corrected chi connectivity index (χ4v) is 1.39. The van der Waals surface area contributed by atoms with Crippen LogP contribution in [-0.4, -0.2) is 9.97 Å². The van der Waals surface area contributed by atoms with Crippen molar-refractivity contribution in [1.29, 1.82) is 0 Å². The molecular formula is C10H9ClN4. The number of nitrogens with two attached hydrogens (primary N) is 2. The second-order valence-corrected chi connectivity index (χ2v) is 3.41. The quantitative estimate of drug-likeness (QED) is 0.721. The first-order valence-corrected chi connectivity index (χ1v) is 4.68. The van der Waals surface area contributed by atoms with Gasteiger partial charge in [0.05, 0.1) is 5.69 Å². The molecule has 0 atom stereocenters. The second kappa shape index (κ2) is 3.74. The summed E-state index contributed by atoms with van der Waals surface area (Å²) in [6.45, 7) is 0. The zero-order valence-electron chi connectivity index (χ0n) is 7.81. The van der Waals surface area contributed by atoms with E-state index in [9.17, 15) is 0 Å². The third-order valence-corrected chi connectivity index (χ3v) is 2.28. The summed E-state index contributed by atoms with van der Waals surface area (Å²) < 4.78 is 0. The maximum atomic E-state index is 5.80. The zero-order valence-corrected chi connectivity index (χ0v) is 8.57. The predicted octanol–water partition coefficient (Wildman–Crippen LogP) is 1.96. The maximum Gasteiger partial charge on any atom is 0.147 e. The molecule has 2 rings (SSSR count). The number of nitrogen functional groups attached to an aromatic ring is 2. The van der Waals surface area contributed by atoms with Gasteiger partial charge in [-0.3, -0.25) is 0 Å². The summed E-state index contributed by atoms with van der Waals surface area (Å²) in [5.74, 6) is 0.322. The van der Waals surface area contributed by atoms with E-state index >= 15 is 0 Å². The monoisotopic (exact) mass is 220 g/mol. The normalized spacial score (nSPS) is 10.2. The van der Waals surface area contributed by atoms with Crippen molar-refractivity contribution in [2.75, 3.05) is 11.5 Å². The molecule has 0 saturated carbocycles. The first kappa shape index (κ1) is 9.73. The highest BCUT2D eigenvalue weighted by molar-refractivity contribution is 6.29. The van der Waals surface area contributed by atoms with E-state index in [1.165, 1.54) is 0 Å². The Morgan fingerprint density at radius 3 is 2.53 bits per heavy atom. The molecule has 4 nitrogen and oxygen atoms in total. The summed E-state index contributed by atoms with van der Waals surface area (Å²) in [5.41, 5.74) is 13.5. The van der Waals surface area contributed by atoms with Gasteiger partial charge in [0.25, 0.3) is 0 Å². The molecule has 15 heavy (non-hydrogen) atoms. The van der Waals surface area contributed by atoms with E-state index in [1.807, 2.05) is 6.07 Å². The lowest BCUT2D eigenvalue weighted by molar-refractivity contribution is 1.31. The molecule has 2 heterocycles. The van der Waals surface area contributed by atoms with E-state index in [0.717, 1.165) is 11.1 Å². The van der Waals surface area contributed by atoms with Crippen molar-refractivity contribution in [2.45, 2.75) is 0 Å². The number of aromatic nitrogens is 2. The summed E-state index contributed by atoms with van der Waals surface area (Å²) in [5, 5.41) is 0.444. The molecule has 0 aromatic carbocycles. The fourth-order valence-electron chi connectivity index (χ4n) is 1.28. The van der Waals surface area contributed by atoms with E-state index in [1.54, 1.807) is 24.5 Å². The molecule has 0 saturated heterocycles. The second-order valence-electron chi connectivity index (χ2n) is 3.03. The van der Waals surface area contributed by atoms with Gasteiger partial charge in [0.1, 0.15) is 11.0 Å². The molecule has 2 aromatic heterocycles. The van der Waals surface area contributed by atoms with E-state index in [4.69, 9.17) is 23.1 Å². The molecule has 0 spiro atoms. The zero-order chi connectivity index (χ0) is 10.8. The Labute approximate surface area is 91.9 Å². The van der Waals surface area contributed by atoms with Gasteiger partial charge in [-0.1, -0.05) is 11.6 Å². The van der Waals surface area contributed by atoms with Crippen LogP contribution in [-0.2, 0) is 0 Å². The molecule has 0 radical (unpaired) electrons. The summed E-state index contributed by atoms with van der Waals surface area (Å²) in [6.07, 6.45) is 3.25. The van der Waals surface area contributed by atoms with Crippen molar-refractivity contribution in [2.24, 2.45) is 0 Å². The SMILES string of the molecule is Nc1nccc(-c2ccc(Cl)nc2)c1N. The highest BCUT2D eigenvalue weighted by atomic mass is 35.5. The van der Waals surface area contributed by atoms with Gasteiger partial charge in [-0.25, -0.2) is 9.97 Å². The third-order valence-electron chi connectivity index (χ3n) is 2.06. The number of nitrogens with zero attached hydrogens (tertiary/aromatic N) is 2. The Balaban J connectivity index is 2.54. The van der Waals surface area contributed by atoms with Crippen molar-refractivity contribution in [3.05, 3.63) is 35.7 Å². The Kier molecular flexibility index (Phi) is 2.43. The highest BCUT2D eigenvalue weighted by Gasteiger charge is 2.05. The van der Waals surface area contributed by atoms with Gasteiger partial charge in [-0.15, -0.1) is 0 Å². The van der Waals surface area contributed by atoms with Crippen LogP contribution in [0.5, 0.6) is 0 Å². The maximum absolute atomic E-state index is 5.80. The van der Waals surface area contributed by atoms with Crippen LogP contribution in [0.2, 0.25) is 5.15 Å². The Bertz CT molecular complexity index is 481. The van der Waals surface area contributed by atoms with Crippen LogP contribution < -0.4 is 11.5 Å². The molecule has 0 amide bonds. The highest BCUT2D eigenvalue weighted by Crippen LogP contribution is 2.28. The van der Waals surface area contributed by atoms with Crippen molar-refractivity contribution in [3.8, 4) is 11.1 Å². The Hall–Kier alpha value is -1.81. The molecule has 0 aliphatic carbocycles.